The fourth-order valence-corrected chi connectivity index (χ4v) is 1.84. The van der Waals surface area contributed by atoms with Crippen LogP contribution in [0.5, 0.6) is 5.88 Å². The average Bonchev–Trinajstić information content (AvgIpc) is 2.30. The number of rotatable bonds is 3. The largest absolute Gasteiger partial charge is 0.476 e. The molecule has 0 amide bonds. The molecular formula is C12H11BrN2O. The summed E-state index contributed by atoms with van der Waals surface area (Å²) in [7, 11) is 0. The van der Waals surface area contributed by atoms with Crippen LogP contribution < -0.4 is 4.74 Å². The van der Waals surface area contributed by atoms with Crippen molar-refractivity contribution in [2.75, 3.05) is 6.61 Å². The van der Waals surface area contributed by atoms with Gasteiger partial charge in [-0.2, -0.15) is 5.10 Å². The molecule has 2 aromatic rings. The van der Waals surface area contributed by atoms with Crippen molar-refractivity contribution in [2.24, 2.45) is 0 Å². The third kappa shape index (κ3) is 2.39. The van der Waals surface area contributed by atoms with Gasteiger partial charge in [-0.3, -0.25) is 0 Å². The van der Waals surface area contributed by atoms with E-state index in [0.29, 0.717) is 12.5 Å². The smallest absolute Gasteiger partial charge is 0.241 e. The second kappa shape index (κ2) is 5.07. The van der Waals surface area contributed by atoms with Crippen LogP contribution in [0.4, 0.5) is 0 Å². The molecule has 1 aromatic heterocycles. The molecule has 16 heavy (non-hydrogen) atoms. The Morgan fingerprint density at radius 2 is 2.19 bits per heavy atom. The SMILES string of the molecule is CCOc1nnccc1-c1cccc(Br)c1. The van der Waals surface area contributed by atoms with E-state index in [4.69, 9.17) is 4.74 Å². The van der Waals surface area contributed by atoms with Crippen molar-refractivity contribution < 1.29 is 4.74 Å². The molecule has 82 valence electrons. The maximum Gasteiger partial charge on any atom is 0.241 e. The van der Waals surface area contributed by atoms with Crippen molar-refractivity contribution >= 4 is 15.9 Å². The highest BCUT2D eigenvalue weighted by atomic mass is 79.9. The third-order valence-corrected chi connectivity index (χ3v) is 2.60. The lowest BCUT2D eigenvalue weighted by Gasteiger charge is -2.07. The summed E-state index contributed by atoms with van der Waals surface area (Å²) >= 11 is 3.45. The first-order chi connectivity index (χ1) is 7.81. The molecule has 0 bridgehead atoms. The predicted octanol–water partition coefficient (Wildman–Crippen LogP) is 3.30. The van der Waals surface area contributed by atoms with E-state index in [0.717, 1.165) is 15.6 Å². The van der Waals surface area contributed by atoms with Crippen LogP contribution in [0.2, 0.25) is 0 Å². The van der Waals surface area contributed by atoms with E-state index in [1.807, 2.05) is 37.3 Å². The summed E-state index contributed by atoms with van der Waals surface area (Å²) in [5.74, 6) is 0.572. The van der Waals surface area contributed by atoms with E-state index >= 15 is 0 Å². The van der Waals surface area contributed by atoms with Gasteiger partial charge in [0.2, 0.25) is 5.88 Å². The Bertz CT molecular complexity index is 488. The van der Waals surface area contributed by atoms with Crippen LogP contribution in [-0.2, 0) is 0 Å². The fourth-order valence-electron chi connectivity index (χ4n) is 1.44. The van der Waals surface area contributed by atoms with Crippen molar-refractivity contribution in [3.63, 3.8) is 0 Å². The molecule has 0 N–H and O–H groups in total. The highest BCUT2D eigenvalue weighted by Gasteiger charge is 2.07. The highest BCUT2D eigenvalue weighted by Crippen LogP contribution is 2.28. The number of ether oxygens (including phenoxy) is 1. The molecule has 0 fully saturated rings. The monoisotopic (exact) mass is 278 g/mol. The van der Waals surface area contributed by atoms with Gasteiger partial charge in [0.15, 0.2) is 0 Å². The van der Waals surface area contributed by atoms with Gasteiger partial charge >= 0.3 is 0 Å². The van der Waals surface area contributed by atoms with Gasteiger partial charge in [0.05, 0.1) is 12.8 Å². The molecule has 2 rings (SSSR count). The molecule has 0 atom stereocenters. The van der Waals surface area contributed by atoms with E-state index < -0.39 is 0 Å². The Labute approximate surface area is 103 Å². The van der Waals surface area contributed by atoms with Crippen LogP contribution >= 0.6 is 15.9 Å². The standard InChI is InChI=1S/C12H11BrN2O/c1-2-16-12-11(6-7-14-15-12)9-4-3-5-10(13)8-9/h3-8H,2H2,1H3. The minimum Gasteiger partial charge on any atom is -0.476 e. The first-order valence-corrected chi connectivity index (χ1v) is 5.81. The molecule has 0 aliphatic heterocycles. The van der Waals surface area contributed by atoms with E-state index in [1.165, 1.54) is 0 Å². The van der Waals surface area contributed by atoms with E-state index in [9.17, 15) is 0 Å². The molecule has 3 nitrogen and oxygen atoms in total. The Hall–Kier alpha value is -1.42. The molecule has 0 aliphatic carbocycles. The Kier molecular flexibility index (Phi) is 3.51. The summed E-state index contributed by atoms with van der Waals surface area (Å²) in [6.07, 6.45) is 1.67. The number of nitrogens with zero attached hydrogens (tertiary/aromatic N) is 2. The molecule has 1 aromatic carbocycles. The first kappa shape index (κ1) is 11.1. The van der Waals surface area contributed by atoms with Crippen molar-refractivity contribution in [3.8, 4) is 17.0 Å². The molecule has 0 unspecified atom stereocenters. The van der Waals surface area contributed by atoms with E-state index in [2.05, 4.69) is 26.1 Å². The maximum atomic E-state index is 5.44. The molecule has 0 radical (unpaired) electrons. The summed E-state index contributed by atoms with van der Waals surface area (Å²) in [5.41, 5.74) is 2.02. The minimum absolute atomic E-state index is 0.572. The molecule has 4 heteroatoms. The van der Waals surface area contributed by atoms with Gasteiger partial charge in [0, 0.05) is 10.0 Å². The normalized spacial score (nSPS) is 10.1. The average molecular weight is 279 g/mol. The third-order valence-electron chi connectivity index (χ3n) is 2.10. The summed E-state index contributed by atoms with van der Waals surface area (Å²) in [5, 5.41) is 7.81. The summed E-state index contributed by atoms with van der Waals surface area (Å²) < 4.78 is 6.47. The van der Waals surface area contributed by atoms with Gasteiger partial charge < -0.3 is 4.74 Å². The highest BCUT2D eigenvalue weighted by molar-refractivity contribution is 9.10. The number of benzene rings is 1. The molecular weight excluding hydrogens is 268 g/mol. The first-order valence-electron chi connectivity index (χ1n) is 5.01. The second-order valence-corrected chi connectivity index (χ2v) is 4.11. The van der Waals surface area contributed by atoms with E-state index in [1.54, 1.807) is 6.20 Å². The van der Waals surface area contributed by atoms with Crippen molar-refractivity contribution in [2.45, 2.75) is 6.92 Å². The number of halogens is 1. The zero-order chi connectivity index (χ0) is 11.4. The van der Waals surface area contributed by atoms with Gasteiger partial charge in [0.25, 0.3) is 0 Å². The lowest BCUT2D eigenvalue weighted by molar-refractivity contribution is 0.324. The fraction of sp³-hybridized carbons (Fsp3) is 0.167. The van der Waals surface area contributed by atoms with Gasteiger partial charge in [-0.15, -0.1) is 5.10 Å². The predicted molar refractivity (Wildman–Crippen MR) is 66.3 cm³/mol. The summed E-state index contributed by atoms with van der Waals surface area (Å²) in [6, 6.07) is 9.91. The molecule has 0 saturated heterocycles. The maximum absolute atomic E-state index is 5.44. The van der Waals surface area contributed by atoms with Gasteiger partial charge in [-0.25, -0.2) is 0 Å². The van der Waals surface area contributed by atoms with E-state index in [-0.39, 0.29) is 0 Å². The Morgan fingerprint density at radius 1 is 1.31 bits per heavy atom. The minimum atomic E-state index is 0.572. The lowest BCUT2D eigenvalue weighted by Crippen LogP contribution is -1.98. The van der Waals surface area contributed by atoms with Crippen LogP contribution in [0.1, 0.15) is 6.92 Å². The number of aromatic nitrogens is 2. The van der Waals surface area contributed by atoms with Crippen LogP contribution in [0.15, 0.2) is 41.0 Å². The molecule has 0 saturated carbocycles. The quantitative estimate of drug-likeness (QED) is 0.864. The van der Waals surface area contributed by atoms with Crippen molar-refractivity contribution in [3.05, 3.63) is 41.0 Å². The van der Waals surface area contributed by atoms with Crippen LogP contribution in [0.3, 0.4) is 0 Å². The summed E-state index contributed by atoms with van der Waals surface area (Å²) in [6.45, 7) is 2.51. The lowest BCUT2D eigenvalue weighted by atomic mass is 10.1. The van der Waals surface area contributed by atoms with Crippen LogP contribution in [0, 0.1) is 0 Å². The number of hydrogen-bond acceptors (Lipinski definition) is 3. The topological polar surface area (TPSA) is 35.0 Å². The molecule has 1 heterocycles. The summed E-state index contributed by atoms with van der Waals surface area (Å²) in [4.78, 5) is 0. The van der Waals surface area contributed by atoms with Crippen molar-refractivity contribution in [1.82, 2.24) is 10.2 Å². The zero-order valence-corrected chi connectivity index (χ0v) is 10.4. The zero-order valence-electron chi connectivity index (χ0n) is 8.85. The Balaban J connectivity index is 2.46. The number of hydrogen-bond donors (Lipinski definition) is 0. The van der Waals surface area contributed by atoms with Gasteiger partial charge in [0.1, 0.15) is 0 Å². The van der Waals surface area contributed by atoms with Crippen molar-refractivity contribution in [1.29, 1.82) is 0 Å². The van der Waals surface area contributed by atoms with Crippen LogP contribution in [0.25, 0.3) is 11.1 Å². The van der Waals surface area contributed by atoms with Gasteiger partial charge in [-0.05, 0) is 30.7 Å². The van der Waals surface area contributed by atoms with Gasteiger partial charge in [-0.1, -0.05) is 28.1 Å². The second-order valence-electron chi connectivity index (χ2n) is 3.19. The molecule has 0 aliphatic rings. The Morgan fingerprint density at radius 3 is 2.94 bits per heavy atom. The molecule has 0 spiro atoms. The van der Waals surface area contributed by atoms with Crippen LogP contribution in [-0.4, -0.2) is 16.8 Å².